The molecule has 1 aliphatic rings. The summed E-state index contributed by atoms with van der Waals surface area (Å²) < 4.78 is 0. The van der Waals surface area contributed by atoms with Crippen molar-refractivity contribution in [2.24, 2.45) is 5.41 Å². The van der Waals surface area contributed by atoms with E-state index >= 15 is 0 Å². The van der Waals surface area contributed by atoms with Crippen LogP contribution in [0.25, 0.3) is 0 Å². The van der Waals surface area contributed by atoms with E-state index in [1.807, 2.05) is 20.8 Å². The number of carbonyl (C=O) groups excluding carboxylic acids is 2. The van der Waals surface area contributed by atoms with E-state index in [4.69, 9.17) is 0 Å². The molecule has 0 saturated carbocycles. The van der Waals surface area contributed by atoms with E-state index in [2.05, 4.69) is 15.3 Å². The molecule has 2 amide bonds. The molecule has 0 aromatic carbocycles. The summed E-state index contributed by atoms with van der Waals surface area (Å²) >= 11 is 0. The van der Waals surface area contributed by atoms with E-state index in [0.29, 0.717) is 5.69 Å². The zero-order valence-corrected chi connectivity index (χ0v) is 10.7. The van der Waals surface area contributed by atoms with Gasteiger partial charge in [-0.25, -0.2) is 9.97 Å². The number of aromatic nitrogens is 2. The van der Waals surface area contributed by atoms with Crippen molar-refractivity contribution in [3.63, 3.8) is 0 Å². The predicted octanol–water partition coefficient (Wildman–Crippen LogP) is 0.354. The van der Waals surface area contributed by atoms with Gasteiger partial charge in [0.15, 0.2) is 0 Å². The van der Waals surface area contributed by atoms with Crippen molar-refractivity contribution >= 4 is 17.5 Å². The maximum atomic E-state index is 12.4. The second kappa shape index (κ2) is 4.36. The molecule has 1 aliphatic heterocycles. The summed E-state index contributed by atoms with van der Waals surface area (Å²) in [5.41, 5.74) is 0.215. The van der Waals surface area contributed by atoms with Gasteiger partial charge in [0.25, 0.3) is 5.91 Å². The number of piperazine rings is 1. The molecule has 1 atom stereocenters. The lowest BCUT2D eigenvalue weighted by Gasteiger charge is -2.38. The summed E-state index contributed by atoms with van der Waals surface area (Å²) in [6.07, 6.45) is 4.45. The molecule has 96 valence electrons. The normalized spacial score (nSPS) is 20.8. The molecule has 6 heteroatoms. The fourth-order valence-electron chi connectivity index (χ4n) is 1.88. The third-order valence-electron chi connectivity index (χ3n) is 2.84. The van der Waals surface area contributed by atoms with Gasteiger partial charge in [-0.15, -0.1) is 0 Å². The molecule has 0 bridgehead atoms. The molecule has 1 N–H and O–H groups in total. The van der Waals surface area contributed by atoms with Gasteiger partial charge in [-0.05, 0) is 5.41 Å². The number of anilines is 1. The van der Waals surface area contributed by atoms with Crippen LogP contribution in [0.15, 0.2) is 18.7 Å². The lowest BCUT2D eigenvalue weighted by Crippen LogP contribution is -2.62. The van der Waals surface area contributed by atoms with Crippen LogP contribution < -0.4 is 10.2 Å². The lowest BCUT2D eigenvalue weighted by atomic mass is 9.84. The molecule has 0 aliphatic carbocycles. The smallest absolute Gasteiger partial charge is 0.250 e. The largest absolute Gasteiger partial charge is 0.342 e. The van der Waals surface area contributed by atoms with Crippen LogP contribution >= 0.6 is 0 Å². The Hall–Kier alpha value is -1.98. The van der Waals surface area contributed by atoms with Crippen molar-refractivity contribution in [3.05, 3.63) is 18.7 Å². The van der Waals surface area contributed by atoms with Gasteiger partial charge in [-0.2, -0.15) is 0 Å². The molecule has 0 radical (unpaired) electrons. The second-order valence-electron chi connectivity index (χ2n) is 5.39. The molecule has 0 spiro atoms. The van der Waals surface area contributed by atoms with Gasteiger partial charge in [0.2, 0.25) is 5.91 Å². The molecule has 1 aromatic rings. The molecule has 6 nitrogen and oxygen atoms in total. The molecular formula is C12H16N4O2. The Morgan fingerprint density at radius 1 is 1.28 bits per heavy atom. The molecule has 2 heterocycles. The second-order valence-corrected chi connectivity index (χ2v) is 5.39. The van der Waals surface area contributed by atoms with E-state index < -0.39 is 6.04 Å². The number of nitrogens with zero attached hydrogens (tertiary/aromatic N) is 3. The number of nitrogens with one attached hydrogen (secondary N) is 1. The number of carbonyl (C=O) groups is 2. The molecular weight excluding hydrogens is 232 g/mol. The van der Waals surface area contributed by atoms with E-state index in [-0.39, 0.29) is 23.8 Å². The molecule has 18 heavy (non-hydrogen) atoms. The maximum Gasteiger partial charge on any atom is 0.250 e. The molecule has 1 unspecified atom stereocenters. The van der Waals surface area contributed by atoms with Crippen molar-refractivity contribution in [2.45, 2.75) is 26.8 Å². The average Bonchev–Trinajstić information content (AvgIpc) is 2.31. The van der Waals surface area contributed by atoms with E-state index in [1.54, 1.807) is 0 Å². The van der Waals surface area contributed by atoms with Crippen LogP contribution in [0.1, 0.15) is 20.8 Å². The lowest BCUT2D eigenvalue weighted by molar-refractivity contribution is -0.133. The minimum atomic E-state index is -0.529. The van der Waals surface area contributed by atoms with Crippen molar-refractivity contribution < 1.29 is 9.59 Å². The van der Waals surface area contributed by atoms with Crippen LogP contribution in [0.4, 0.5) is 5.69 Å². The first-order valence-electron chi connectivity index (χ1n) is 5.75. The summed E-state index contributed by atoms with van der Waals surface area (Å²) in [5.74, 6) is -0.296. The topological polar surface area (TPSA) is 75.2 Å². The summed E-state index contributed by atoms with van der Waals surface area (Å²) in [4.78, 5) is 33.2. The van der Waals surface area contributed by atoms with Crippen molar-refractivity contribution in [3.8, 4) is 0 Å². The van der Waals surface area contributed by atoms with Gasteiger partial charge >= 0.3 is 0 Å². The van der Waals surface area contributed by atoms with Crippen molar-refractivity contribution in [1.29, 1.82) is 0 Å². The highest BCUT2D eigenvalue weighted by Gasteiger charge is 2.40. The number of hydrogen-bond donors (Lipinski definition) is 1. The van der Waals surface area contributed by atoms with Crippen LogP contribution in [0.5, 0.6) is 0 Å². The Morgan fingerprint density at radius 3 is 2.44 bits per heavy atom. The Bertz CT molecular complexity index is 467. The Kier molecular flexibility index (Phi) is 3.02. The van der Waals surface area contributed by atoms with E-state index in [0.717, 1.165) is 0 Å². The average molecular weight is 248 g/mol. The molecule has 1 fully saturated rings. The van der Waals surface area contributed by atoms with Crippen LogP contribution in [-0.4, -0.2) is 34.4 Å². The van der Waals surface area contributed by atoms with Crippen LogP contribution in [0.3, 0.4) is 0 Å². The fraction of sp³-hybridized carbons (Fsp3) is 0.500. The highest BCUT2D eigenvalue weighted by atomic mass is 16.2. The number of amides is 2. The molecule has 1 saturated heterocycles. The Balaban J connectivity index is 2.32. The van der Waals surface area contributed by atoms with Gasteiger partial charge in [0.05, 0.1) is 18.1 Å². The number of rotatable bonds is 1. The first-order valence-corrected chi connectivity index (χ1v) is 5.75. The first kappa shape index (κ1) is 12.5. The SMILES string of the molecule is CC(C)(C)C1NC(=O)CN(c2cncnc2)C1=O. The van der Waals surface area contributed by atoms with Gasteiger partial charge in [0, 0.05) is 0 Å². The quantitative estimate of drug-likeness (QED) is 0.778. The summed E-state index contributed by atoms with van der Waals surface area (Å²) in [5, 5.41) is 2.73. The zero-order valence-electron chi connectivity index (χ0n) is 10.7. The minimum absolute atomic E-state index is 0.0127. The first-order chi connectivity index (χ1) is 8.39. The zero-order chi connectivity index (χ0) is 13.3. The third-order valence-corrected chi connectivity index (χ3v) is 2.84. The van der Waals surface area contributed by atoms with Gasteiger partial charge < -0.3 is 5.32 Å². The summed E-state index contributed by atoms with van der Waals surface area (Å²) in [7, 11) is 0. The monoisotopic (exact) mass is 248 g/mol. The maximum absolute atomic E-state index is 12.4. The summed E-state index contributed by atoms with van der Waals surface area (Å²) in [6.45, 7) is 5.77. The van der Waals surface area contributed by atoms with Crippen LogP contribution in [0.2, 0.25) is 0 Å². The van der Waals surface area contributed by atoms with Crippen LogP contribution in [0, 0.1) is 5.41 Å². The highest BCUT2D eigenvalue weighted by Crippen LogP contribution is 2.25. The minimum Gasteiger partial charge on any atom is -0.342 e. The van der Waals surface area contributed by atoms with E-state index in [1.165, 1.54) is 23.6 Å². The van der Waals surface area contributed by atoms with Gasteiger partial charge in [-0.1, -0.05) is 20.8 Å². The Morgan fingerprint density at radius 2 is 1.89 bits per heavy atom. The van der Waals surface area contributed by atoms with Crippen molar-refractivity contribution in [2.75, 3.05) is 11.4 Å². The number of hydrogen-bond acceptors (Lipinski definition) is 4. The van der Waals surface area contributed by atoms with Gasteiger partial charge in [-0.3, -0.25) is 14.5 Å². The third kappa shape index (κ3) is 2.32. The molecule has 2 rings (SSSR count). The standard InChI is InChI=1S/C12H16N4O2/c1-12(2,3)10-11(18)16(6-9(17)15-10)8-4-13-7-14-5-8/h4-5,7,10H,6H2,1-3H3,(H,15,17). The van der Waals surface area contributed by atoms with Crippen LogP contribution in [-0.2, 0) is 9.59 Å². The summed E-state index contributed by atoms with van der Waals surface area (Å²) in [6, 6.07) is -0.529. The molecule has 1 aromatic heterocycles. The van der Waals surface area contributed by atoms with Gasteiger partial charge in [0.1, 0.15) is 18.9 Å². The Labute approximate surface area is 105 Å². The predicted molar refractivity (Wildman–Crippen MR) is 65.8 cm³/mol. The highest BCUT2D eigenvalue weighted by molar-refractivity contribution is 6.06. The van der Waals surface area contributed by atoms with Crippen molar-refractivity contribution in [1.82, 2.24) is 15.3 Å². The van der Waals surface area contributed by atoms with E-state index in [9.17, 15) is 9.59 Å². The fourth-order valence-corrected chi connectivity index (χ4v) is 1.88.